The Kier molecular flexibility index (Phi) is 3.00. The number of carboxylic acids is 1. The summed E-state index contributed by atoms with van der Waals surface area (Å²) in [6.07, 6.45) is -2.80. The number of rotatable bonds is 2. The van der Waals surface area contributed by atoms with Gasteiger partial charge >= 0.3 is 5.97 Å². The highest BCUT2D eigenvalue weighted by Crippen LogP contribution is 2.31. The quantitative estimate of drug-likeness (QED) is 0.859. The fourth-order valence-corrected chi connectivity index (χ4v) is 1.21. The zero-order valence-electron chi connectivity index (χ0n) is 6.67. The van der Waals surface area contributed by atoms with Crippen molar-refractivity contribution in [3.8, 4) is 0 Å². The molecule has 0 aliphatic rings. The Morgan fingerprint density at radius 1 is 1.64 bits per heavy atom. The highest BCUT2D eigenvalue weighted by molar-refractivity contribution is 9.10. The molecule has 0 radical (unpaired) electrons. The molecule has 1 rings (SSSR count). The van der Waals surface area contributed by atoms with E-state index in [9.17, 15) is 13.6 Å². The maximum atomic E-state index is 12.3. The molecule has 0 unspecified atom stereocenters. The highest BCUT2D eigenvalue weighted by Gasteiger charge is 2.18. The number of nitrogens with zero attached hydrogens (tertiary/aromatic N) is 1. The summed E-state index contributed by atoms with van der Waals surface area (Å²) in [5.74, 6) is -1.66. The highest BCUT2D eigenvalue weighted by atomic mass is 79.9. The van der Waals surface area contributed by atoms with Crippen LogP contribution in [0.1, 0.15) is 22.5 Å². The van der Waals surface area contributed by atoms with Crippen LogP contribution in [0.4, 0.5) is 14.6 Å². The number of halogens is 3. The van der Waals surface area contributed by atoms with E-state index in [0.29, 0.717) is 0 Å². The number of nitrogens with two attached hydrogens (primary N) is 1. The molecular formula is C7H5BrF2N2O2. The van der Waals surface area contributed by atoms with Gasteiger partial charge in [-0.15, -0.1) is 0 Å². The number of alkyl halides is 2. The number of aromatic carboxylic acids is 1. The Hall–Kier alpha value is -1.24. The molecule has 0 bridgehead atoms. The predicted molar refractivity (Wildman–Crippen MR) is 48.3 cm³/mol. The summed E-state index contributed by atoms with van der Waals surface area (Å²) in [5, 5.41) is 8.53. The van der Waals surface area contributed by atoms with Gasteiger partial charge in [-0.1, -0.05) is 0 Å². The molecule has 0 aliphatic heterocycles. The number of nitrogen functional groups attached to an aromatic ring is 1. The molecule has 4 nitrogen and oxygen atoms in total. The van der Waals surface area contributed by atoms with E-state index >= 15 is 0 Å². The van der Waals surface area contributed by atoms with Crippen LogP contribution in [0.15, 0.2) is 10.5 Å². The minimum Gasteiger partial charge on any atom is -0.477 e. The van der Waals surface area contributed by atoms with E-state index in [1.54, 1.807) is 0 Å². The van der Waals surface area contributed by atoms with Gasteiger partial charge in [0.1, 0.15) is 5.82 Å². The van der Waals surface area contributed by atoms with Crippen LogP contribution in [0, 0.1) is 0 Å². The SMILES string of the molecule is Nc1nc(C(=O)O)cc(C(F)F)c1Br. The van der Waals surface area contributed by atoms with Crippen molar-refractivity contribution in [1.29, 1.82) is 0 Å². The number of carbonyl (C=O) groups is 1. The molecule has 0 atom stereocenters. The Labute approximate surface area is 85.9 Å². The van der Waals surface area contributed by atoms with Crippen LogP contribution in [0.2, 0.25) is 0 Å². The summed E-state index contributed by atoms with van der Waals surface area (Å²) in [6, 6.07) is 0.785. The van der Waals surface area contributed by atoms with Crippen LogP contribution < -0.4 is 5.73 Å². The summed E-state index contributed by atoms with van der Waals surface area (Å²) in [7, 11) is 0. The monoisotopic (exact) mass is 266 g/mol. The first kappa shape index (κ1) is 10.8. The summed E-state index contributed by atoms with van der Waals surface area (Å²) >= 11 is 2.80. The van der Waals surface area contributed by atoms with Crippen LogP contribution in [0.25, 0.3) is 0 Å². The molecule has 0 aromatic carbocycles. The van der Waals surface area contributed by atoms with E-state index in [1.807, 2.05) is 0 Å². The van der Waals surface area contributed by atoms with Crippen molar-refractivity contribution < 1.29 is 18.7 Å². The second-order valence-electron chi connectivity index (χ2n) is 2.40. The minimum atomic E-state index is -2.80. The molecule has 3 N–H and O–H groups in total. The van der Waals surface area contributed by atoms with Crippen LogP contribution in [0.3, 0.4) is 0 Å². The van der Waals surface area contributed by atoms with Gasteiger partial charge in [0.2, 0.25) is 0 Å². The Balaban J connectivity index is 3.35. The fraction of sp³-hybridized carbons (Fsp3) is 0.143. The van der Waals surface area contributed by atoms with Crippen molar-refractivity contribution in [3.63, 3.8) is 0 Å². The molecule has 1 aromatic heterocycles. The summed E-state index contributed by atoms with van der Waals surface area (Å²) < 4.78 is 24.6. The van der Waals surface area contributed by atoms with Crippen molar-refractivity contribution in [2.75, 3.05) is 5.73 Å². The first-order valence-electron chi connectivity index (χ1n) is 3.41. The maximum absolute atomic E-state index is 12.3. The number of hydrogen-bond donors (Lipinski definition) is 2. The molecule has 0 saturated carbocycles. The zero-order valence-corrected chi connectivity index (χ0v) is 8.25. The van der Waals surface area contributed by atoms with Crippen LogP contribution in [-0.2, 0) is 0 Å². The van der Waals surface area contributed by atoms with Gasteiger partial charge < -0.3 is 10.8 Å². The van der Waals surface area contributed by atoms with Gasteiger partial charge in [0.25, 0.3) is 6.43 Å². The van der Waals surface area contributed by atoms with Crippen molar-refractivity contribution in [2.24, 2.45) is 0 Å². The molecule has 1 aromatic rings. The Bertz CT molecular complexity index is 384. The van der Waals surface area contributed by atoms with Gasteiger partial charge in [-0.05, 0) is 22.0 Å². The van der Waals surface area contributed by atoms with E-state index in [-0.39, 0.29) is 10.3 Å². The van der Waals surface area contributed by atoms with E-state index in [1.165, 1.54) is 0 Å². The number of hydrogen-bond acceptors (Lipinski definition) is 3. The molecule has 0 amide bonds. The lowest BCUT2D eigenvalue weighted by Crippen LogP contribution is -2.06. The largest absolute Gasteiger partial charge is 0.477 e. The zero-order chi connectivity index (χ0) is 10.9. The van der Waals surface area contributed by atoms with Crippen LogP contribution in [-0.4, -0.2) is 16.1 Å². The van der Waals surface area contributed by atoms with Gasteiger partial charge in [0, 0.05) is 5.56 Å². The van der Waals surface area contributed by atoms with E-state index in [0.717, 1.165) is 6.07 Å². The second-order valence-corrected chi connectivity index (χ2v) is 3.19. The first-order chi connectivity index (χ1) is 6.43. The molecule has 0 fully saturated rings. The lowest BCUT2D eigenvalue weighted by molar-refractivity contribution is 0.0690. The minimum absolute atomic E-state index is 0.0718. The van der Waals surface area contributed by atoms with Gasteiger partial charge in [0.05, 0.1) is 4.47 Å². The number of carboxylic acid groups (broad SMARTS) is 1. The lowest BCUT2D eigenvalue weighted by Gasteiger charge is -2.06. The molecule has 0 aliphatic carbocycles. The van der Waals surface area contributed by atoms with Gasteiger partial charge in [-0.2, -0.15) is 0 Å². The van der Waals surface area contributed by atoms with Crippen molar-refractivity contribution >= 4 is 27.7 Å². The van der Waals surface area contributed by atoms with Crippen LogP contribution in [0.5, 0.6) is 0 Å². The summed E-state index contributed by atoms with van der Waals surface area (Å²) in [6.45, 7) is 0. The maximum Gasteiger partial charge on any atom is 0.354 e. The van der Waals surface area contributed by atoms with Crippen LogP contribution >= 0.6 is 15.9 Å². The number of anilines is 1. The first-order valence-corrected chi connectivity index (χ1v) is 4.20. The summed E-state index contributed by atoms with van der Waals surface area (Å²) in [4.78, 5) is 13.9. The Morgan fingerprint density at radius 3 is 2.64 bits per heavy atom. The number of pyridine rings is 1. The van der Waals surface area contributed by atoms with E-state index in [2.05, 4.69) is 20.9 Å². The van der Waals surface area contributed by atoms with E-state index < -0.39 is 23.7 Å². The van der Waals surface area contributed by atoms with Crippen molar-refractivity contribution in [1.82, 2.24) is 4.98 Å². The third kappa shape index (κ3) is 1.98. The average Bonchev–Trinajstić information content (AvgIpc) is 2.08. The van der Waals surface area contributed by atoms with Gasteiger partial charge in [0.15, 0.2) is 5.69 Å². The standard InChI is InChI=1S/C7H5BrF2N2O2/c8-4-2(5(9)10)1-3(7(13)14)12-6(4)11/h1,5H,(H2,11,12)(H,13,14). The van der Waals surface area contributed by atoms with Gasteiger partial charge in [-0.3, -0.25) is 0 Å². The Morgan fingerprint density at radius 2 is 2.21 bits per heavy atom. The molecule has 76 valence electrons. The second kappa shape index (κ2) is 3.87. The molecular weight excluding hydrogens is 262 g/mol. The molecule has 7 heteroatoms. The van der Waals surface area contributed by atoms with Gasteiger partial charge in [-0.25, -0.2) is 18.6 Å². The van der Waals surface area contributed by atoms with Crippen molar-refractivity contribution in [2.45, 2.75) is 6.43 Å². The predicted octanol–water partition coefficient (Wildman–Crippen LogP) is 2.06. The van der Waals surface area contributed by atoms with Crippen molar-refractivity contribution in [3.05, 3.63) is 21.8 Å². The molecule has 14 heavy (non-hydrogen) atoms. The lowest BCUT2D eigenvalue weighted by atomic mass is 10.2. The fourth-order valence-electron chi connectivity index (χ4n) is 0.838. The summed E-state index contributed by atoms with van der Waals surface area (Å²) in [5.41, 5.74) is 4.27. The smallest absolute Gasteiger partial charge is 0.354 e. The topological polar surface area (TPSA) is 76.2 Å². The number of aromatic nitrogens is 1. The average molecular weight is 267 g/mol. The molecule has 0 saturated heterocycles. The molecule has 1 heterocycles. The normalized spacial score (nSPS) is 10.6. The van der Waals surface area contributed by atoms with E-state index in [4.69, 9.17) is 10.8 Å². The molecule has 0 spiro atoms. The third-order valence-electron chi connectivity index (χ3n) is 1.47. The third-order valence-corrected chi connectivity index (χ3v) is 2.33.